The van der Waals surface area contributed by atoms with Crippen LogP contribution in [0, 0.1) is 0 Å². The lowest BCUT2D eigenvalue weighted by Crippen LogP contribution is -2.42. The Balaban J connectivity index is 1.81. The molecule has 0 aromatic heterocycles. The van der Waals surface area contributed by atoms with E-state index in [1.54, 1.807) is 12.1 Å². The normalized spacial score (nSPS) is 21.6. The first kappa shape index (κ1) is 10.9. The molecule has 2 heterocycles. The number of carbonyl (C=O) groups excluding carboxylic acids is 3. The zero-order chi connectivity index (χ0) is 12.7. The first-order chi connectivity index (χ1) is 8.68. The van der Waals surface area contributed by atoms with E-state index >= 15 is 0 Å². The number of nitrogens with zero attached hydrogens (tertiary/aromatic N) is 1. The molecule has 0 saturated carbocycles. The zero-order valence-electron chi connectivity index (χ0n) is 9.29. The van der Waals surface area contributed by atoms with Gasteiger partial charge in [0.1, 0.15) is 0 Å². The van der Waals surface area contributed by atoms with Gasteiger partial charge in [0, 0.05) is 6.42 Å². The van der Waals surface area contributed by atoms with Crippen LogP contribution < -0.4 is 0 Å². The molecule has 0 bridgehead atoms. The summed E-state index contributed by atoms with van der Waals surface area (Å²) in [5, 5.41) is 0.495. The van der Waals surface area contributed by atoms with Crippen molar-refractivity contribution in [1.29, 1.82) is 0 Å². The molecule has 1 atom stereocenters. The quantitative estimate of drug-likeness (QED) is 0.713. The number of hydrogen-bond acceptors (Lipinski definition) is 5. The number of ether oxygens (including phenoxy) is 1. The minimum atomic E-state index is -0.712. The highest BCUT2D eigenvalue weighted by Crippen LogP contribution is 2.23. The maximum atomic E-state index is 11.9. The minimum Gasteiger partial charge on any atom is -0.366 e. The molecule has 3 rings (SSSR count). The summed E-state index contributed by atoms with van der Waals surface area (Å²) in [5.74, 6) is -1.96. The summed E-state index contributed by atoms with van der Waals surface area (Å²) in [5.41, 5.74) is 0.481. The number of hydroxylamine groups is 2. The van der Waals surface area contributed by atoms with Crippen LogP contribution in [0.2, 0.25) is 0 Å². The molecule has 0 aliphatic carbocycles. The van der Waals surface area contributed by atoms with E-state index in [-0.39, 0.29) is 11.1 Å². The fraction of sp³-hybridized carbons (Fsp3) is 0.250. The average Bonchev–Trinajstić information content (AvgIpc) is 2.53. The Morgan fingerprint density at radius 2 is 1.78 bits per heavy atom. The van der Waals surface area contributed by atoms with Crippen molar-refractivity contribution in [3.63, 3.8) is 0 Å². The largest absolute Gasteiger partial charge is 0.366 e. The molecule has 0 spiro atoms. The smallest absolute Gasteiger partial charge is 0.361 e. The summed E-state index contributed by atoms with van der Waals surface area (Å²) in [7, 11) is 0. The van der Waals surface area contributed by atoms with Crippen LogP contribution in [0.25, 0.3) is 0 Å². The van der Waals surface area contributed by atoms with Crippen molar-refractivity contribution in [3.05, 3.63) is 35.4 Å². The Morgan fingerprint density at radius 3 is 2.22 bits per heavy atom. The van der Waals surface area contributed by atoms with Gasteiger partial charge in [-0.1, -0.05) is 17.2 Å². The summed E-state index contributed by atoms with van der Waals surface area (Å²) in [4.78, 5) is 40.0. The van der Waals surface area contributed by atoms with Crippen molar-refractivity contribution in [2.24, 2.45) is 0 Å². The molecule has 1 unspecified atom stereocenters. The number of fused-ring (bicyclic) bond motifs is 1. The third kappa shape index (κ3) is 1.50. The second kappa shape index (κ2) is 3.92. The maximum absolute atomic E-state index is 11.9. The number of amides is 2. The number of imide groups is 1. The number of benzene rings is 1. The van der Waals surface area contributed by atoms with E-state index in [1.807, 2.05) is 0 Å². The molecular weight excluding hydrogens is 238 g/mol. The fourth-order valence-electron chi connectivity index (χ4n) is 1.82. The first-order valence-corrected chi connectivity index (χ1v) is 5.49. The number of carbonyl (C=O) groups is 3. The molecule has 2 aliphatic rings. The van der Waals surface area contributed by atoms with Crippen LogP contribution in [0.5, 0.6) is 0 Å². The summed E-state index contributed by atoms with van der Waals surface area (Å²) in [6.07, 6.45) is -0.128. The van der Waals surface area contributed by atoms with Gasteiger partial charge in [0.2, 0.25) is 0 Å². The molecule has 18 heavy (non-hydrogen) atoms. The van der Waals surface area contributed by atoms with Gasteiger partial charge in [-0.2, -0.15) is 0 Å². The SMILES string of the molecule is O=C(ON1C(=O)c2ccccc2C1=O)C1CCO1. The Morgan fingerprint density at radius 1 is 1.22 bits per heavy atom. The highest BCUT2D eigenvalue weighted by molar-refractivity contribution is 6.20. The van der Waals surface area contributed by atoms with Crippen molar-refractivity contribution in [3.8, 4) is 0 Å². The van der Waals surface area contributed by atoms with Crippen molar-refractivity contribution in [2.75, 3.05) is 6.61 Å². The van der Waals surface area contributed by atoms with Gasteiger partial charge >= 0.3 is 5.97 Å². The summed E-state index contributed by atoms with van der Waals surface area (Å²) in [6.45, 7) is 0.488. The van der Waals surface area contributed by atoms with Gasteiger partial charge in [0.05, 0.1) is 17.7 Å². The monoisotopic (exact) mass is 247 g/mol. The van der Waals surface area contributed by atoms with Crippen LogP contribution >= 0.6 is 0 Å². The van der Waals surface area contributed by atoms with E-state index < -0.39 is 23.9 Å². The van der Waals surface area contributed by atoms with Crippen LogP contribution in [-0.4, -0.2) is 35.6 Å². The molecule has 2 aliphatic heterocycles. The Hall–Kier alpha value is -2.21. The van der Waals surface area contributed by atoms with Gasteiger partial charge in [-0.3, -0.25) is 9.59 Å². The second-order valence-electron chi connectivity index (χ2n) is 4.01. The summed E-state index contributed by atoms with van der Waals surface area (Å²) >= 11 is 0. The molecule has 2 amide bonds. The number of rotatable bonds is 2. The topological polar surface area (TPSA) is 72.9 Å². The van der Waals surface area contributed by atoms with Crippen molar-refractivity contribution in [2.45, 2.75) is 12.5 Å². The van der Waals surface area contributed by atoms with Gasteiger partial charge in [0.15, 0.2) is 6.10 Å². The Kier molecular flexibility index (Phi) is 2.38. The van der Waals surface area contributed by atoms with E-state index in [1.165, 1.54) is 12.1 Å². The van der Waals surface area contributed by atoms with Crippen molar-refractivity contribution in [1.82, 2.24) is 5.06 Å². The predicted molar refractivity (Wildman–Crippen MR) is 57.4 cm³/mol. The molecule has 1 fully saturated rings. The molecular formula is C12H9NO5. The Bertz CT molecular complexity index is 514. The highest BCUT2D eigenvalue weighted by atomic mass is 16.7. The minimum absolute atomic E-state index is 0.241. The highest BCUT2D eigenvalue weighted by Gasteiger charge is 2.40. The standard InChI is InChI=1S/C12H9NO5/c14-10-7-3-1-2-4-8(7)11(15)13(10)18-12(16)9-5-6-17-9/h1-4,9H,5-6H2. The van der Waals surface area contributed by atoms with Crippen LogP contribution in [-0.2, 0) is 14.4 Å². The molecule has 6 heteroatoms. The van der Waals surface area contributed by atoms with E-state index in [0.29, 0.717) is 18.1 Å². The zero-order valence-corrected chi connectivity index (χ0v) is 9.29. The van der Waals surface area contributed by atoms with E-state index in [4.69, 9.17) is 9.57 Å². The third-order valence-electron chi connectivity index (χ3n) is 2.90. The molecule has 1 aromatic carbocycles. The molecule has 1 aromatic rings. The van der Waals surface area contributed by atoms with Gasteiger partial charge in [-0.25, -0.2) is 4.79 Å². The lowest BCUT2D eigenvalue weighted by Gasteiger charge is -2.25. The van der Waals surface area contributed by atoms with Gasteiger partial charge in [0.25, 0.3) is 11.8 Å². The van der Waals surface area contributed by atoms with E-state index in [0.717, 1.165) is 0 Å². The fourth-order valence-corrected chi connectivity index (χ4v) is 1.82. The number of hydrogen-bond donors (Lipinski definition) is 0. The van der Waals surface area contributed by atoms with Crippen LogP contribution in [0.1, 0.15) is 27.1 Å². The van der Waals surface area contributed by atoms with Gasteiger partial charge < -0.3 is 9.57 Å². The average molecular weight is 247 g/mol. The van der Waals surface area contributed by atoms with Crippen LogP contribution in [0.4, 0.5) is 0 Å². The molecule has 1 saturated heterocycles. The summed E-state index contributed by atoms with van der Waals surface area (Å²) in [6, 6.07) is 6.32. The molecule has 0 radical (unpaired) electrons. The second-order valence-corrected chi connectivity index (χ2v) is 4.01. The molecule has 0 N–H and O–H groups in total. The van der Waals surface area contributed by atoms with E-state index in [9.17, 15) is 14.4 Å². The Labute approximate surface area is 102 Å². The van der Waals surface area contributed by atoms with E-state index in [2.05, 4.69) is 0 Å². The lowest BCUT2D eigenvalue weighted by atomic mass is 10.1. The van der Waals surface area contributed by atoms with Crippen LogP contribution in [0.15, 0.2) is 24.3 Å². The van der Waals surface area contributed by atoms with Crippen molar-refractivity contribution >= 4 is 17.8 Å². The van der Waals surface area contributed by atoms with Crippen LogP contribution in [0.3, 0.4) is 0 Å². The maximum Gasteiger partial charge on any atom is 0.361 e. The first-order valence-electron chi connectivity index (χ1n) is 5.49. The van der Waals surface area contributed by atoms with Gasteiger partial charge in [-0.15, -0.1) is 0 Å². The van der Waals surface area contributed by atoms with Gasteiger partial charge in [-0.05, 0) is 12.1 Å². The molecule has 92 valence electrons. The summed E-state index contributed by atoms with van der Waals surface area (Å²) < 4.78 is 4.93. The lowest BCUT2D eigenvalue weighted by molar-refractivity contribution is -0.193. The van der Waals surface area contributed by atoms with Crippen molar-refractivity contribution < 1.29 is 24.0 Å². The molecule has 6 nitrogen and oxygen atoms in total. The predicted octanol–water partition coefficient (Wildman–Crippen LogP) is 0.530. The third-order valence-corrected chi connectivity index (χ3v) is 2.90.